The highest BCUT2D eigenvalue weighted by Crippen LogP contribution is 2.36. The van der Waals surface area contributed by atoms with Crippen LogP contribution in [0.15, 0.2) is 48.5 Å². The first kappa shape index (κ1) is 17.8. The number of carbonyl (C=O) groups is 1. The van der Waals surface area contributed by atoms with Crippen molar-refractivity contribution >= 4 is 23.2 Å². The van der Waals surface area contributed by atoms with Crippen LogP contribution in [0.3, 0.4) is 0 Å². The van der Waals surface area contributed by atoms with Crippen LogP contribution in [0.4, 0.5) is 5.69 Å². The molecule has 5 heteroatoms. The Kier molecular flexibility index (Phi) is 4.52. The van der Waals surface area contributed by atoms with Crippen LogP contribution in [0.25, 0.3) is 5.69 Å². The quantitative estimate of drug-likeness (QED) is 0.653. The van der Waals surface area contributed by atoms with E-state index in [-0.39, 0.29) is 5.91 Å². The summed E-state index contributed by atoms with van der Waals surface area (Å²) in [6, 6.07) is 15.7. The number of halogens is 1. The topological polar surface area (TPSA) is 38.1 Å². The fraction of sp³-hybridized carbons (Fsp3) is 0.273. The van der Waals surface area contributed by atoms with Crippen LogP contribution in [0.2, 0.25) is 5.02 Å². The Bertz CT molecular complexity index is 1010. The molecule has 1 unspecified atom stereocenters. The second-order valence-electron chi connectivity index (χ2n) is 7.18. The number of nitrogens with zero attached hydrogens (tertiary/aromatic N) is 3. The molecule has 1 aromatic heterocycles. The number of para-hydroxylation sites is 1. The lowest BCUT2D eigenvalue weighted by molar-refractivity contribution is -0.117. The summed E-state index contributed by atoms with van der Waals surface area (Å²) >= 11 is 5.99. The third-order valence-electron chi connectivity index (χ3n) is 5.36. The number of benzene rings is 2. The summed E-state index contributed by atoms with van der Waals surface area (Å²) in [7, 11) is 0. The molecule has 4 rings (SSSR count). The van der Waals surface area contributed by atoms with E-state index in [0.29, 0.717) is 17.4 Å². The first-order valence-corrected chi connectivity index (χ1v) is 9.54. The van der Waals surface area contributed by atoms with Crippen molar-refractivity contribution in [2.45, 2.75) is 33.1 Å². The summed E-state index contributed by atoms with van der Waals surface area (Å²) in [6.07, 6.45) is 0.353. The molecule has 0 bridgehead atoms. The van der Waals surface area contributed by atoms with Gasteiger partial charge >= 0.3 is 0 Å². The summed E-state index contributed by atoms with van der Waals surface area (Å²) in [5.41, 5.74) is 6.09. The molecular weight excluding hydrogens is 358 g/mol. The highest BCUT2D eigenvalue weighted by atomic mass is 35.5. The van der Waals surface area contributed by atoms with Gasteiger partial charge in [-0.2, -0.15) is 5.10 Å². The number of anilines is 1. The molecule has 0 aliphatic carbocycles. The van der Waals surface area contributed by atoms with Crippen molar-refractivity contribution in [3.8, 4) is 5.69 Å². The lowest BCUT2D eigenvalue weighted by Crippen LogP contribution is -2.31. The van der Waals surface area contributed by atoms with Crippen LogP contribution in [-0.4, -0.2) is 22.2 Å². The molecule has 27 heavy (non-hydrogen) atoms. The van der Waals surface area contributed by atoms with Gasteiger partial charge in [0.2, 0.25) is 5.91 Å². The maximum absolute atomic E-state index is 13.1. The number of aromatic nitrogens is 2. The minimum atomic E-state index is 0.119. The molecular formula is C22H22ClN3O. The summed E-state index contributed by atoms with van der Waals surface area (Å²) < 4.78 is 1.88. The molecule has 1 atom stereocenters. The van der Waals surface area contributed by atoms with E-state index in [9.17, 15) is 4.79 Å². The van der Waals surface area contributed by atoms with E-state index in [1.54, 1.807) is 0 Å². The molecule has 1 amide bonds. The standard InChI is InChI=1S/C22H22ClN3O/c1-14-13-25(21-7-5-4-6-19(14)21)22(27)12-20-15(2)24-26(16(20)3)18-10-8-17(23)9-11-18/h4-11,14H,12-13H2,1-3H3. The summed E-state index contributed by atoms with van der Waals surface area (Å²) in [5, 5.41) is 5.34. The Labute approximate surface area is 164 Å². The van der Waals surface area contributed by atoms with Crippen molar-refractivity contribution in [2.24, 2.45) is 0 Å². The Balaban J connectivity index is 1.62. The predicted molar refractivity (Wildman–Crippen MR) is 109 cm³/mol. The van der Waals surface area contributed by atoms with E-state index < -0.39 is 0 Å². The highest BCUT2D eigenvalue weighted by Gasteiger charge is 2.30. The molecule has 0 N–H and O–H groups in total. The van der Waals surface area contributed by atoms with Gasteiger partial charge in [-0.3, -0.25) is 4.79 Å². The van der Waals surface area contributed by atoms with Gasteiger partial charge in [0.15, 0.2) is 0 Å². The monoisotopic (exact) mass is 379 g/mol. The molecule has 1 aliphatic heterocycles. The fourth-order valence-corrected chi connectivity index (χ4v) is 3.99. The van der Waals surface area contributed by atoms with Crippen molar-refractivity contribution in [2.75, 3.05) is 11.4 Å². The second-order valence-corrected chi connectivity index (χ2v) is 7.62. The average molecular weight is 380 g/mol. The zero-order valence-corrected chi connectivity index (χ0v) is 16.5. The van der Waals surface area contributed by atoms with Gasteiger partial charge in [0, 0.05) is 34.4 Å². The van der Waals surface area contributed by atoms with Gasteiger partial charge in [-0.1, -0.05) is 36.7 Å². The van der Waals surface area contributed by atoms with Crippen molar-refractivity contribution in [3.63, 3.8) is 0 Å². The molecule has 2 heterocycles. The third-order valence-corrected chi connectivity index (χ3v) is 5.61. The maximum Gasteiger partial charge on any atom is 0.231 e. The maximum atomic E-state index is 13.1. The van der Waals surface area contributed by atoms with Gasteiger partial charge < -0.3 is 4.90 Å². The van der Waals surface area contributed by atoms with E-state index in [2.05, 4.69) is 18.1 Å². The van der Waals surface area contributed by atoms with Gasteiger partial charge in [-0.15, -0.1) is 0 Å². The minimum Gasteiger partial charge on any atom is -0.311 e. The summed E-state index contributed by atoms with van der Waals surface area (Å²) in [5.74, 6) is 0.484. The molecule has 1 aliphatic rings. The van der Waals surface area contributed by atoms with Gasteiger partial charge in [0.05, 0.1) is 17.8 Å². The van der Waals surface area contributed by atoms with Gasteiger partial charge in [-0.05, 0) is 49.7 Å². The van der Waals surface area contributed by atoms with Crippen LogP contribution in [0.5, 0.6) is 0 Å². The SMILES string of the molecule is Cc1nn(-c2ccc(Cl)cc2)c(C)c1CC(=O)N1CC(C)c2ccccc21. The highest BCUT2D eigenvalue weighted by molar-refractivity contribution is 6.30. The zero-order chi connectivity index (χ0) is 19.1. The van der Waals surface area contributed by atoms with Crippen LogP contribution >= 0.6 is 11.6 Å². The third kappa shape index (κ3) is 3.15. The van der Waals surface area contributed by atoms with Crippen molar-refractivity contribution < 1.29 is 4.79 Å². The molecule has 0 saturated heterocycles. The van der Waals surface area contributed by atoms with Crippen molar-refractivity contribution in [3.05, 3.63) is 76.1 Å². The van der Waals surface area contributed by atoms with Gasteiger partial charge in [0.25, 0.3) is 0 Å². The Morgan fingerprint density at radius 2 is 1.85 bits per heavy atom. The number of amides is 1. The second kappa shape index (κ2) is 6.86. The van der Waals surface area contributed by atoms with E-state index in [0.717, 1.165) is 34.9 Å². The molecule has 0 radical (unpaired) electrons. The predicted octanol–water partition coefficient (Wildman–Crippen LogP) is 4.84. The fourth-order valence-electron chi connectivity index (χ4n) is 3.87. The molecule has 3 aromatic rings. The van der Waals surface area contributed by atoms with Crippen LogP contribution in [-0.2, 0) is 11.2 Å². The lowest BCUT2D eigenvalue weighted by Gasteiger charge is -2.18. The lowest BCUT2D eigenvalue weighted by atomic mass is 10.0. The normalized spacial score (nSPS) is 15.9. The molecule has 0 saturated carbocycles. The van der Waals surface area contributed by atoms with Crippen molar-refractivity contribution in [1.29, 1.82) is 0 Å². The minimum absolute atomic E-state index is 0.119. The molecule has 4 nitrogen and oxygen atoms in total. The average Bonchev–Trinajstić information content (AvgIpc) is 3.14. The first-order chi connectivity index (χ1) is 13.0. The molecule has 2 aromatic carbocycles. The summed E-state index contributed by atoms with van der Waals surface area (Å²) in [4.78, 5) is 15.0. The number of rotatable bonds is 3. The van der Waals surface area contributed by atoms with E-state index in [4.69, 9.17) is 11.6 Å². The molecule has 0 fully saturated rings. The number of hydrogen-bond donors (Lipinski definition) is 0. The number of carbonyl (C=O) groups excluding carboxylic acids is 1. The Hall–Kier alpha value is -2.59. The number of hydrogen-bond acceptors (Lipinski definition) is 2. The number of fused-ring (bicyclic) bond motifs is 1. The Morgan fingerprint density at radius 1 is 1.15 bits per heavy atom. The largest absolute Gasteiger partial charge is 0.311 e. The van der Waals surface area contributed by atoms with Gasteiger partial charge in [0.1, 0.15) is 0 Å². The number of aryl methyl sites for hydroxylation is 1. The Morgan fingerprint density at radius 3 is 2.59 bits per heavy atom. The molecule has 138 valence electrons. The van der Waals surface area contributed by atoms with E-state index in [1.807, 2.05) is 65.9 Å². The molecule has 0 spiro atoms. The summed E-state index contributed by atoms with van der Waals surface area (Å²) in [6.45, 7) is 6.88. The first-order valence-electron chi connectivity index (χ1n) is 9.16. The van der Waals surface area contributed by atoms with Crippen LogP contribution in [0.1, 0.15) is 35.4 Å². The van der Waals surface area contributed by atoms with E-state index in [1.165, 1.54) is 5.56 Å². The van der Waals surface area contributed by atoms with Gasteiger partial charge in [-0.25, -0.2) is 4.68 Å². The van der Waals surface area contributed by atoms with Crippen LogP contribution in [0, 0.1) is 13.8 Å². The van der Waals surface area contributed by atoms with Crippen LogP contribution < -0.4 is 4.90 Å². The zero-order valence-electron chi connectivity index (χ0n) is 15.7. The van der Waals surface area contributed by atoms with Crippen molar-refractivity contribution in [1.82, 2.24) is 9.78 Å². The smallest absolute Gasteiger partial charge is 0.231 e. The van der Waals surface area contributed by atoms with E-state index >= 15 is 0 Å².